The number of rotatable bonds is 4. The predicted octanol–water partition coefficient (Wildman–Crippen LogP) is 4.50. The second-order valence-corrected chi connectivity index (χ2v) is 7.33. The van der Waals surface area contributed by atoms with Gasteiger partial charge in [-0.3, -0.25) is 15.0 Å². The molecule has 1 N–H and O–H groups in total. The van der Waals surface area contributed by atoms with Crippen molar-refractivity contribution in [3.8, 4) is 11.3 Å². The Morgan fingerprint density at radius 1 is 1.06 bits per heavy atom. The third-order valence-corrected chi connectivity index (χ3v) is 5.27. The smallest absolute Gasteiger partial charge is 0.337 e. The quantitative estimate of drug-likeness (QED) is 0.354. The van der Waals surface area contributed by atoms with E-state index in [4.69, 9.17) is 32.4 Å². The molecule has 4 rings (SSSR count). The van der Waals surface area contributed by atoms with Gasteiger partial charge in [-0.1, -0.05) is 35.3 Å². The average molecular weight is 457 g/mol. The number of ether oxygens (including phenoxy) is 1. The molecule has 31 heavy (non-hydrogen) atoms. The molecule has 0 atom stereocenters. The zero-order valence-corrected chi connectivity index (χ0v) is 17.5. The van der Waals surface area contributed by atoms with Crippen molar-refractivity contribution >= 4 is 52.7 Å². The van der Waals surface area contributed by atoms with Crippen LogP contribution in [0.3, 0.4) is 0 Å². The first kappa shape index (κ1) is 20.7. The maximum atomic E-state index is 12.8. The van der Waals surface area contributed by atoms with Gasteiger partial charge in [0.1, 0.15) is 17.1 Å². The molecular formula is C22H14Cl2N2O5. The first-order chi connectivity index (χ1) is 14.9. The number of nitrogens with zero attached hydrogens (tertiary/aromatic N) is 1. The van der Waals surface area contributed by atoms with Crippen LogP contribution in [0.25, 0.3) is 17.4 Å². The molecule has 2 aromatic carbocycles. The number of furan rings is 1. The molecular weight excluding hydrogens is 443 g/mol. The molecule has 1 aliphatic heterocycles. The van der Waals surface area contributed by atoms with Gasteiger partial charge >= 0.3 is 5.97 Å². The summed E-state index contributed by atoms with van der Waals surface area (Å²) in [4.78, 5) is 36.8. The Hall–Kier alpha value is -3.55. The maximum Gasteiger partial charge on any atom is 0.337 e. The number of hydrazine groups is 1. The molecule has 0 saturated carbocycles. The van der Waals surface area contributed by atoms with Crippen molar-refractivity contribution in [3.05, 3.63) is 81.5 Å². The molecule has 2 amide bonds. The topological polar surface area (TPSA) is 88.9 Å². The van der Waals surface area contributed by atoms with Gasteiger partial charge in [0.15, 0.2) is 0 Å². The summed E-state index contributed by atoms with van der Waals surface area (Å²) in [5.41, 5.74) is 3.77. The highest BCUT2D eigenvalue weighted by molar-refractivity contribution is 6.42. The number of nitrogens with one attached hydrogen (secondary N) is 1. The molecule has 1 fully saturated rings. The van der Waals surface area contributed by atoms with Crippen LogP contribution in [0.15, 0.2) is 64.6 Å². The van der Waals surface area contributed by atoms with E-state index < -0.39 is 17.8 Å². The Labute approximate surface area is 186 Å². The third kappa shape index (κ3) is 4.05. The van der Waals surface area contributed by atoms with Gasteiger partial charge in [0, 0.05) is 5.56 Å². The van der Waals surface area contributed by atoms with Gasteiger partial charge in [0.25, 0.3) is 11.8 Å². The molecule has 156 valence electrons. The van der Waals surface area contributed by atoms with Crippen LogP contribution >= 0.6 is 23.2 Å². The standard InChI is InChI=1S/C22H14Cl2N2O5/c1-30-22(29)13-4-2-3-12(9-13)19-8-6-15(31-19)11-16-20(27)25-26(21(16)28)14-5-7-17(23)18(24)10-14/h2-11H,1H3,(H,25,27). The summed E-state index contributed by atoms with van der Waals surface area (Å²) in [7, 11) is 1.30. The summed E-state index contributed by atoms with van der Waals surface area (Å²) in [5, 5.41) is 1.67. The number of carbonyl (C=O) groups excluding carboxylic acids is 3. The number of hydrogen-bond acceptors (Lipinski definition) is 5. The van der Waals surface area contributed by atoms with E-state index in [0.717, 1.165) is 5.01 Å². The van der Waals surface area contributed by atoms with Crippen LogP contribution in [0.2, 0.25) is 10.0 Å². The highest BCUT2D eigenvalue weighted by Crippen LogP contribution is 2.30. The number of carbonyl (C=O) groups is 3. The summed E-state index contributed by atoms with van der Waals surface area (Å²) < 4.78 is 10.5. The summed E-state index contributed by atoms with van der Waals surface area (Å²) in [6.07, 6.45) is 1.35. The number of esters is 1. The van der Waals surface area contributed by atoms with Gasteiger partial charge in [-0.2, -0.15) is 0 Å². The summed E-state index contributed by atoms with van der Waals surface area (Å²) in [6.45, 7) is 0. The molecule has 1 saturated heterocycles. The molecule has 1 aliphatic rings. The molecule has 0 aliphatic carbocycles. The zero-order valence-electron chi connectivity index (χ0n) is 16.0. The number of methoxy groups -OCH3 is 1. The maximum absolute atomic E-state index is 12.8. The SMILES string of the molecule is COC(=O)c1cccc(-c2ccc(C=C3C(=O)NN(c4ccc(Cl)c(Cl)c4)C3=O)o2)c1. The summed E-state index contributed by atoms with van der Waals surface area (Å²) in [5.74, 6) is -0.847. The normalized spacial score (nSPS) is 14.8. The van der Waals surface area contributed by atoms with Crippen molar-refractivity contribution in [1.82, 2.24) is 5.43 Å². The van der Waals surface area contributed by atoms with Crippen LogP contribution in [0.1, 0.15) is 16.1 Å². The molecule has 1 aromatic heterocycles. The van der Waals surface area contributed by atoms with Gasteiger partial charge in [-0.05, 0) is 48.5 Å². The number of hydrogen-bond donors (Lipinski definition) is 1. The largest absolute Gasteiger partial charge is 0.465 e. The van der Waals surface area contributed by atoms with Crippen LogP contribution in [-0.4, -0.2) is 24.9 Å². The molecule has 0 radical (unpaired) electrons. The lowest BCUT2D eigenvalue weighted by atomic mass is 10.1. The van der Waals surface area contributed by atoms with E-state index in [1.807, 2.05) is 0 Å². The highest BCUT2D eigenvalue weighted by atomic mass is 35.5. The fourth-order valence-corrected chi connectivity index (χ4v) is 3.30. The minimum atomic E-state index is -0.582. The number of benzene rings is 2. The van der Waals surface area contributed by atoms with Crippen molar-refractivity contribution in [2.24, 2.45) is 0 Å². The zero-order chi connectivity index (χ0) is 22.1. The van der Waals surface area contributed by atoms with Crippen molar-refractivity contribution in [1.29, 1.82) is 0 Å². The van der Waals surface area contributed by atoms with Gasteiger partial charge in [0.2, 0.25) is 0 Å². The molecule has 3 aromatic rings. The van der Waals surface area contributed by atoms with E-state index in [0.29, 0.717) is 33.4 Å². The van der Waals surface area contributed by atoms with Crippen LogP contribution in [0, 0.1) is 0 Å². The molecule has 0 spiro atoms. The van der Waals surface area contributed by atoms with Crippen LogP contribution in [0.4, 0.5) is 5.69 Å². The monoisotopic (exact) mass is 456 g/mol. The fourth-order valence-electron chi connectivity index (χ4n) is 3.01. The van der Waals surface area contributed by atoms with Gasteiger partial charge in [-0.15, -0.1) is 0 Å². The molecule has 7 nitrogen and oxygen atoms in total. The van der Waals surface area contributed by atoms with Crippen LogP contribution in [-0.2, 0) is 14.3 Å². The van der Waals surface area contributed by atoms with E-state index in [1.54, 1.807) is 42.5 Å². The van der Waals surface area contributed by atoms with Crippen LogP contribution in [0.5, 0.6) is 0 Å². The Morgan fingerprint density at radius 2 is 1.87 bits per heavy atom. The van der Waals surface area contributed by atoms with E-state index in [2.05, 4.69) is 5.43 Å². The van der Waals surface area contributed by atoms with Crippen molar-refractivity contribution < 1.29 is 23.5 Å². The van der Waals surface area contributed by atoms with Crippen molar-refractivity contribution in [2.75, 3.05) is 12.1 Å². The molecule has 9 heteroatoms. The van der Waals surface area contributed by atoms with Gasteiger partial charge in [0.05, 0.1) is 28.4 Å². The summed E-state index contributed by atoms with van der Waals surface area (Å²) >= 11 is 11.9. The Balaban J connectivity index is 1.60. The summed E-state index contributed by atoms with van der Waals surface area (Å²) in [6, 6.07) is 14.6. The molecule has 2 heterocycles. The number of halogens is 2. The Kier molecular flexibility index (Phi) is 5.54. The second-order valence-electron chi connectivity index (χ2n) is 6.51. The average Bonchev–Trinajstić information content (AvgIpc) is 3.35. The van der Waals surface area contributed by atoms with E-state index in [1.165, 1.54) is 25.3 Å². The van der Waals surface area contributed by atoms with Crippen molar-refractivity contribution in [2.45, 2.75) is 0 Å². The third-order valence-electron chi connectivity index (χ3n) is 4.53. The van der Waals surface area contributed by atoms with Gasteiger partial charge < -0.3 is 9.15 Å². The molecule has 0 unspecified atom stereocenters. The first-order valence-electron chi connectivity index (χ1n) is 8.98. The highest BCUT2D eigenvalue weighted by Gasteiger charge is 2.35. The lowest BCUT2D eigenvalue weighted by Crippen LogP contribution is -2.35. The fraction of sp³-hybridized carbons (Fsp3) is 0.0455. The van der Waals surface area contributed by atoms with Gasteiger partial charge in [-0.25, -0.2) is 9.80 Å². The minimum absolute atomic E-state index is 0.102. The minimum Gasteiger partial charge on any atom is -0.465 e. The van der Waals surface area contributed by atoms with Crippen molar-refractivity contribution in [3.63, 3.8) is 0 Å². The lowest BCUT2D eigenvalue weighted by molar-refractivity contribution is -0.117. The number of amides is 2. The Bertz CT molecular complexity index is 1250. The Morgan fingerprint density at radius 3 is 2.61 bits per heavy atom. The van der Waals surface area contributed by atoms with E-state index >= 15 is 0 Å². The second kappa shape index (κ2) is 8.29. The van der Waals surface area contributed by atoms with E-state index in [-0.39, 0.29) is 10.6 Å². The molecule has 0 bridgehead atoms. The lowest BCUT2D eigenvalue weighted by Gasteiger charge is -2.15. The van der Waals surface area contributed by atoms with Crippen LogP contribution < -0.4 is 10.4 Å². The first-order valence-corrected chi connectivity index (χ1v) is 9.74. The van der Waals surface area contributed by atoms with E-state index in [9.17, 15) is 14.4 Å². The predicted molar refractivity (Wildman–Crippen MR) is 116 cm³/mol. The number of anilines is 1.